The largest absolute Gasteiger partial charge is 0.391 e. The molecule has 4 saturated carbocycles. The number of hydrogen-bond donors (Lipinski definition) is 0. The van der Waals surface area contributed by atoms with Crippen LogP contribution in [0, 0.1) is 45.8 Å². The lowest BCUT2D eigenvalue weighted by molar-refractivity contribution is -0.180. The van der Waals surface area contributed by atoms with Gasteiger partial charge in [-0.25, -0.2) is 0 Å². The SMILES string of the molecule is CC(CC1CCC2C3CCC4(C)CCCCC4(C)C3CCC12C)C(F)(F)F. The van der Waals surface area contributed by atoms with Crippen LogP contribution in [0.5, 0.6) is 0 Å². The van der Waals surface area contributed by atoms with E-state index in [4.69, 9.17) is 0 Å². The smallest absolute Gasteiger partial charge is 0.171 e. The lowest BCUT2D eigenvalue weighted by Crippen LogP contribution is -2.56. The number of halogens is 3. The molecule has 0 aliphatic heterocycles. The predicted molar refractivity (Wildman–Crippen MR) is 104 cm³/mol. The minimum absolute atomic E-state index is 0.152. The molecule has 0 bridgehead atoms. The summed E-state index contributed by atoms with van der Waals surface area (Å²) < 4.78 is 39.6. The summed E-state index contributed by atoms with van der Waals surface area (Å²) in [5, 5.41) is 0. The molecule has 4 aliphatic carbocycles. The van der Waals surface area contributed by atoms with Crippen LogP contribution >= 0.6 is 0 Å². The zero-order valence-corrected chi connectivity index (χ0v) is 17.8. The first-order chi connectivity index (χ1) is 12.5. The summed E-state index contributed by atoms with van der Waals surface area (Å²) in [4.78, 5) is 0. The standard InChI is InChI=1S/C24H39F3/c1-16(24(25,26)27)15-17-7-8-19-18-9-13-21(2)11-5-6-12-23(21,4)20(18)10-14-22(17,19)3/h16-20H,5-15H2,1-4H3. The Morgan fingerprint density at radius 3 is 2.26 bits per heavy atom. The highest BCUT2D eigenvalue weighted by Gasteiger charge is 2.62. The first kappa shape index (κ1) is 20.1. The van der Waals surface area contributed by atoms with Crippen molar-refractivity contribution in [1.82, 2.24) is 0 Å². The maximum atomic E-state index is 13.2. The normalized spacial score (nSPS) is 51.2. The average Bonchev–Trinajstić information content (AvgIpc) is 2.91. The van der Waals surface area contributed by atoms with Crippen LogP contribution in [0.25, 0.3) is 0 Å². The van der Waals surface area contributed by atoms with Gasteiger partial charge in [-0.3, -0.25) is 0 Å². The molecule has 0 N–H and O–H groups in total. The molecule has 4 fully saturated rings. The number of rotatable bonds is 2. The summed E-state index contributed by atoms with van der Waals surface area (Å²) in [6.07, 6.45) is 9.17. The van der Waals surface area contributed by atoms with Crippen molar-refractivity contribution >= 4 is 0 Å². The van der Waals surface area contributed by atoms with Gasteiger partial charge in [-0.1, -0.05) is 40.5 Å². The van der Waals surface area contributed by atoms with Gasteiger partial charge in [-0.15, -0.1) is 0 Å². The van der Waals surface area contributed by atoms with Gasteiger partial charge in [-0.2, -0.15) is 13.2 Å². The van der Waals surface area contributed by atoms with Crippen molar-refractivity contribution in [3.8, 4) is 0 Å². The van der Waals surface area contributed by atoms with Crippen LogP contribution in [0.4, 0.5) is 13.2 Å². The second-order valence-corrected chi connectivity index (χ2v) is 11.6. The first-order valence-electron chi connectivity index (χ1n) is 11.6. The molecular weight excluding hydrogens is 345 g/mol. The second-order valence-electron chi connectivity index (χ2n) is 11.6. The molecule has 8 atom stereocenters. The molecular formula is C24H39F3. The van der Waals surface area contributed by atoms with Crippen molar-refractivity contribution in [3.63, 3.8) is 0 Å². The van der Waals surface area contributed by atoms with Crippen LogP contribution in [0.3, 0.4) is 0 Å². The second kappa shape index (κ2) is 6.39. The van der Waals surface area contributed by atoms with Crippen LogP contribution in [-0.2, 0) is 0 Å². The Labute approximate surface area is 164 Å². The Morgan fingerprint density at radius 2 is 1.56 bits per heavy atom. The van der Waals surface area contributed by atoms with Crippen molar-refractivity contribution < 1.29 is 13.2 Å². The fourth-order valence-electron chi connectivity index (χ4n) is 8.66. The molecule has 3 heteroatoms. The van der Waals surface area contributed by atoms with Crippen molar-refractivity contribution in [3.05, 3.63) is 0 Å². The zero-order valence-electron chi connectivity index (χ0n) is 17.8. The Balaban J connectivity index is 1.55. The van der Waals surface area contributed by atoms with Crippen molar-refractivity contribution in [2.45, 2.75) is 105 Å². The predicted octanol–water partition coefficient (Wildman–Crippen LogP) is 8.01. The summed E-state index contributed by atoms with van der Waals surface area (Å²) in [6, 6.07) is 0. The number of hydrogen-bond acceptors (Lipinski definition) is 0. The molecule has 8 unspecified atom stereocenters. The Kier molecular flexibility index (Phi) is 4.75. The van der Waals surface area contributed by atoms with E-state index < -0.39 is 12.1 Å². The van der Waals surface area contributed by atoms with Gasteiger partial charge in [0.1, 0.15) is 0 Å². The van der Waals surface area contributed by atoms with Crippen LogP contribution in [0.15, 0.2) is 0 Å². The van der Waals surface area contributed by atoms with Gasteiger partial charge in [0.25, 0.3) is 0 Å². The molecule has 0 aromatic carbocycles. The Bertz CT molecular complexity index is 568. The van der Waals surface area contributed by atoms with Gasteiger partial charge in [0, 0.05) is 0 Å². The van der Waals surface area contributed by atoms with E-state index >= 15 is 0 Å². The lowest BCUT2D eigenvalue weighted by atomic mass is 9.40. The van der Waals surface area contributed by atoms with Crippen molar-refractivity contribution in [2.75, 3.05) is 0 Å². The van der Waals surface area contributed by atoms with E-state index in [1.807, 2.05) is 0 Å². The summed E-state index contributed by atoms with van der Waals surface area (Å²) in [6.45, 7) is 8.91. The highest BCUT2D eigenvalue weighted by Crippen LogP contribution is 2.71. The zero-order chi connectivity index (χ0) is 19.7. The topological polar surface area (TPSA) is 0 Å². The lowest BCUT2D eigenvalue weighted by Gasteiger charge is -2.64. The molecule has 0 radical (unpaired) electrons. The molecule has 0 spiro atoms. The molecule has 0 nitrogen and oxygen atoms in total. The highest BCUT2D eigenvalue weighted by molar-refractivity contribution is 5.11. The van der Waals surface area contributed by atoms with Crippen LogP contribution in [0.2, 0.25) is 0 Å². The fourth-order valence-corrected chi connectivity index (χ4v) is 8.66. The van der Waals surface area contributed by atoms with E-state index in [-0.39, 0.29) is 11.3 Å². The summed E-state index contributed by atoms with van der Waals surface area (Å²) in [7, 11) is 0. The van der Waals surface area contributed by atoms with Gasteiger partial charge in [-0.05, 0) is 97.7 Å². The minimum atomic E-state index is -4.03. The molecule has 0 saturated heterocycles. The van der Waals surface area contributed by atoms with E-state index in [9.17, 15) is 13.2 Å². The third-order valence-electron chi connectivity index (χ3n) is 10.7. The molecule has 27 heavy (non-hydrogen) atoms. The third kappa shape index (κ3) is 2.91. The quantitative estimate of drug-likeness (QED) is 0.452. The third-order valence-corrected chi connectivity index (χ3v) is 10.7. The minimum Gasteiger partial charge on any atom is -0.171 e. The van der Waals surface area contributed by atoms with Crippen molar-refractivity contribution in [2.24, 2.45) is 45.8 Å². The molecule has 0 aromatic rings. The Hall–Kier alpha value is -0.210. The molecule has 0 heterocycles. The summed E-state index contributed by atoms with van der Waals surface area (Å²) in [5.74, 6) is 1.37. The highest BCUT2D eigenvalue weighted by atomic mass is 19.4. The fraction of sp³-hybridized carbons (Fsp3) is 1.00. The van der Waals surface area contributed by atoms with Gasteiger partial charge < -0.3 is 0 Å². The Morgan fingerprint density at radius 1 is 0.852 bits per heavy atom. The molecule has 4 rings (SSSR count). The first-order valence-corrected chi connectivity index (χ1v) is 11.6. The molecule has 0 amide bonds. The van der Waals surface area contributed by atoms with Gasteiger partial charge in [0.15, 0.2) is 0 Å². The molecule has 156 valence electrons. The average molecular weight is 385 g/mol. The van der Waals surface area contributed by atoms with E-state index in [0.717, 1.165) is 18.3 Å². The van der Waals surface area contributed by atoms with Gasteiger partial charge in [0.2, 0.25) is 0 Å². The maximum absolute atomic E-state index is 13.2. The molecule has 0 aromatic heterocycles. The number of fused-ring (bicyclic) bond motifs is 5. The monoisotopic (exact) mass is 384 g/mol. The summed E-state index contributed by atoms with van der Waals surface area (Å²) >= 11 is 0. The van der Waals surface area contributed by atoms with Crippen LogP contribution in [-0.4, -0.2) is 6.18 Å². The van der Waals surface area contributed by atoms with Crippen molar-refractivity contribution in [1.29, 1.82) is 0 Å². The van der Waals surface area contributed by atoms with E-state index in [2.05, 4.69) is 20.8 Å². The maximum Gasteiger partial charge on any atom is 0.391 e. The van der Waals surface area contributed by atoms with E-state index in [1.54, 1.807) is 0 Å². The van der Waals surface area contributed by atoms with E-state index in [1.165, 1.54) is 64.7 Å². The summed E-state index contributed by atoms with van der Waals surface area (Å²) in [5.41, 5.74) is 1.12. The molecule has 4 aliphatic rings. The van der Waals surface area contributed by atoms with E-state index in [0.29, 0.717) is 23.2 Å². The van der Waals surface area contributed by atoms with Crippen LogP contribution < -0.4 is 0 Å². The van der Waals surface area contributed by atoms with Gasteiger partial charge >= 0.3 is 6.18 Å². The number of alkyl halides is 3. The van der Waals surface area contributed by atoms with Gasteiger partial charge in [0.05, 0.1) is 5.92 Å². The van der Waals surface area contributed by atoms with Crippen LogP contribution in [0.1, 0.15) is 98.3 Å².